The van der Waals surface area contributed by atoms with E-state index in [4.69, 9.17) is 10.5 Å². The lowest BCUT2D eigenvalue weighted by Crippen LogP contribution is -2.29. The molecule has 0 aromatic carbocycles. The van der Waals surface area contributed by atoms with Crippen molar-refractivity contribution in [2.45, 2.75) is 64.5 Å². The summed E-state index contributed by atoms with van der Waals surface area (Å²) in [6, 6.07) is -0.562. The summed E-state index contributed by atoms with van der Waals surface area (Å²) in [6.07, 6.45) is 5.77. The van der Waals surface area contributed by atoms with E-state index in [9.17, 15) is 9.59 Å². The minimum atomic E-state index is -0.644. The zero-order chi connectivity index (χ0) is 15.4. The van der Waals surface area contributed by atoms with Gasteiger partial charge in [-0.3, -0.25) is 4.79 Å². The summed E-state index contributed by atoms with van der Waals surface area (Å²) < 4.78 is 7.02. The van der Waals surface area contributed by atoms with Crippen LogP contribution in [-0.2, 0) is 9.53 Å². The van der Waals surface area contributed by atoms with Crippen LogP contribution in [0.1, 0.15) is 67.7 Å². The zero-order valence-corrected chi connectivity index (χ0v) is 12.5. The smallest absolute Gasteiger partial charge is 0.331 e. The summed E-state index contributed by atoms with van der Waals surface area (Å²) >= 11 is 0. The molecule has 1 unspecified atom stereocenters. The Balaban J connectivity index is 2.11. The first kappa shape index (κ1) is 15.5. The topological polar surface area (TPSA) is 100 Å². The van der Waals surface area contributed by atoms with E-state index in [1.54, 1.807) is 6.92 Å². The van der Waals surface area contributed by atoms with E-state index in [1.165, 1.54) is 11.1 Å². The van der Waals surface area contributed by atoms with Crippen LogP contribution in [0.5, 0.6) is 0 Å². The molecule has 1 amide bonds. The number of aromatic nitrogens is 3. The van der Waals surface area contributed by atoms with Crippen LogP contribution in [-0.4, -0.2) is 33.0 Å². The molecule has 116 valence electrons. The second kappa shape index (κ2) is 6.69. The number of rotatable bonds is 5. The Kier molecular flexibility index (Phi) is 4.93. The fourth-order valence-corrected chi connectivity index (χ4v) is 2.73. The van der Waals surface area contributed by atoms with Gasteiger partial charge in [-0.15, -0.1) is 5.10 Å². The maximum atomic E-state index is 12.3. The lowest BCUT2D eigenvalue weighted by Gasteiger charge is -2.24. The standard InChI is InChI=1S/C14H22N4O3/c1-3-11(14(20)21-10-7-5-4-6-8-10)18-9(2)12(13(15)19)16-17-18/h10-11H,3-8H2,1-2H3,(H2,15,19). The lowest BCUT2D eigenvalue weighted by atomic mass is 9.98. The number of hydrogen-bond acceptors (Lipinski definition) is 5. The molecule has 0 bridgehead atoms. The van der Waals surface area contributed by atoms with Crippen LogP contribution in [0, 0.1) is 6.92 Å². The first-order valence-electron chi connectivity index (χ1n) is 7.46. The summed E-state index contributed by atoms with van der Waals surface area (Å²) in [5.41, 5.74) is 5.82. The predicted molar refractivity (Wildman–Crippen MR) is 75.6 cm³/mol. The molecule has 1 aliphatic rings. The minimum Gasteiger partial charge on any atom is -0.461 e. The third kappa shape index (κ3) is 3.40. The highest BCUT2D eigenvalue weighted by Crippen LogP contribution is 2.23. The Labute approximate surface area is 123 Å². The first-order chi connectivity index (χ1) is 10.0. The van der Waals surface area contributed by atoms with Gasteiger partial charge < -0.3 is 10.5 Å². The molecule has 1 heterocycles. The van der Waals surface area contributed by atoms with Crippen LogP contribution in [0.4, 0.5) is 0 Å². The van der Waals surface area contributed by atoms with Crippen molar-refractivity contribution in [3.05, 3.63) is 11.4 Å². The molecular weight excluding hydrogens is 272 g/mol. The third-order valence-electron chi connectivity index (χ3n) is 3.95. The van der Waals surface area contributed by atoms with E-state index in [-0.39, 0.29) is 17.8 Å². The number of carbonyl (C=O) groups is 2. The number of nitrogens with two attached hydrogens (primary N) is 1. The number of ether oxygens (including phenoxy) is 1. The van der Waals surface area contributed by atoms with Crippen molar-refractivity contribution in [3.63, 3.8) is 0 Å². The van der Waals surface area contributed by atoms with Gasteiger partial charge in [-0.1, -0.05) is 18.6 Å². The van der Waals surface area contributed by atoms with E-state index in [2.05, 4.69) is 10.3 Å². The van der Waals surface area contributed by atoms with Crippen molar-refractivity contribution in [3.8, 4) is 0 Å². The van der Waals surface area contributed by atoms with Crippen LogP contribution in [0.15, 0.2) is 0 Å². The van der Waals surface area contributed by atoms with Gasteiger partial charge in [0.15, 0.2) is 11.7 Å². The van der Waals surface area contributed by atoms with E-state index in [0.29, 0.717) is 12.1 Å². The van der Waals surface area contributed by atoms with Gasteiger partial charge in [0.05, 0.1) is 5.69 Å². The Hall–Kier alpha value is -1.92. The summed E-state index contributed by atoms with van der Waals surface area (Å²) in [4.78, 5) is 23.6. The van der Waals surface area contributed by atoms with Gasteiger partial charge >= 0.3 is 5.97 Å². The molecule has 2 N–H and O–H groups in total. The summed E-state index contributed by atoms with van der Waals surface area (Å²) in [7, 11) is 0. The van der Waals surface area contributed by atoms with Crippen LogP contribution in [0.3, 0.4) is 0 Å². The number of esters is 1. The molecule has 0 radical (unpaired) electrons. The molecule has 21 heavy (non-hydrogen) atoms. The molecule has 1 saturated carbocycles. The molecular formula is C14H22N4O3. The minimum absolute atomic E-state index is 0.000242. The number of nitrogens with zero attached hydrogens (tertiary/aromatic N) is 3. The highest BCUT2D eigenvalue weighted by molar-refractivity contribution is 5.91. The van der Waals surface area contributed by atoms with Crippen molar-refractivity contribution in [2.24, 2.45) is 5.73 Å². The number of amides is 1. The summed E-state index contributed by atoms with van der Waals surface area (Å²) in [6.45, 7) is 3.55. The Bertz CT molecular complexity index is 520. The SMILES string of the molecule is CCC(C(=O)OC1CCCCC1)n1nnc(C(N)=O)c1C. The third-order valence-corrected chi connectivity index (χ3v) is 3.95. The highest BCUT2D eigenvalue weighted by atomic mass is 16.5. The number of carbonyl (C=O) groups excluding carboxylic acids is 2. The van der Waals surface area contributed by atoms with E-state index >= 15 is 0 Å². The average molecular weight is 294 g/mol. The molecule has 7 heteroatoms. The van der Waals surface area contributed by atoms with Gasteiger partial charge in [-0.2, -0.15) is 0 Å². The summed E-state index contributed by atoms with van der Waals surface area (Å²) in [5.74, 6) is -0.956. The quantitative estimate of drug-likeness (QED) is 0.830. The molecule has 0 aliphatic heterocycles. The Morgan fingerprint density at radius 2 is 2.05 bits per heavy atom. The monoisotopic (exact) mass is 294 g/mol. The molecule has 1 aliphatic carbocycles. The fraction of sp³-hybridized carbons (Fsp3) is 0.714. The van der Waals surface area contributed by atoms with Crippen LogP contribution in [0.2, 0.25) is 0 Å². The Morgan fingerprint density at radius 1 is 1.38 bits per heavy atom. The van der Waals surface area contributed by atoms with Gasteiger partial charge in [0.2, 0.25) is 0 Å². The van der Waals surface area contributed by atoms with Crippen molar-refractivity contribution in [1.29, 1.82) is 0 Å². The number of hydrogen-bond donors (Lipinski definition) is 1. The lowest BCUT2D eigenvalue weighted by molar-refractivity contribution is -0.155. The fourth-order valence-electron chi connectivity index (χ4n) is 2.73. The van der Waals surface area contributed by atoms with E-state index < -0.39 is 11.9 Å². The summed E-state index contributed by atoms with van der Waals surface area (Å²) in [5, 5.41) is 7.63. The second-order valence-corrected chi connectivity index (χ2v) is 5.45. The molecule has 0 spiro atoms. The van der Waals surface area contributed by atoms with Gasteiger partial charge in [0, 0.05) is 0 Å². The molecule has 2 rings (SSSR count). The first-order valence-corrected chi connectivity index (χ1v) is 7.46. The van der Waals surface area contributed by atoms with E-state index in [0.717, 1.165) is 25.7 Å². The maximum absolute atomic E-state index is 12.3. The molecule has 0 saturated heterocycles. The molecule has 7 nitrogen and oxygen atoms in total. The van der Waals surface area contributed by atoms with Crippen molar-refractivity contribution in [1.82, 2.24) is 15.0 Å². The average Bonchev–Trinajstić information content (AvgIpc) is 2.83. The van der Waals surface area contributed by atoms with Crippen molar-refractivity contribution >= 4 is 11.9 Å². The molecule has 1 fully saturated rings. The number of primary amides is 1. The predicted octanol–water partition coefficient (Wildman–Crippen LogP) is 1.51. The molecule has 1 atom stereocenters. The van der Waals surface area contributed by atoms with Gasteiger partial charge in [-0.25, -0.2) is 9.48 Å². The molecule has 1 aromatic heterocycles. The van der Waals surface area contributed by atoms with E-state index in [1.807, 2.05) is 6.92 Å². The van der Waals surface area contributed by atoms with Crippen molar-refractivity contribution < 1.29 is 14.3 Å². The van der Waals surface area contributed by atoms with Crippen molar-refractivity contribution in [2.75, 3.05) is 0 Å². The highest BCUT2D eigenvalue weighted by Gasteiger charge is 2.28. The maximum Gasteiger partial charge on any atom is 0.331 e. The normalized spacial score (nSPS) is 17.4. The largest absolute Gasteiger partial charge is 0.461 e. The second-order valence-electron chi connectivity index (χ2n) is 5.45. The van der Waals surface area contributed by atoms with Crippen LogP contribution in [0.25, 0.3) is 0 Å². The van der Waals surface area contributed by atoms with Gasteiger partial charge in [0.25, 0.3) is 5.91 Å². The Morgan fingerprint density at radius 3 is 2.57 bits per heavy atom. The van der Waals surface area contributed by atoms with Gasteiger partial charge in [-0.05, 0) is 39.0 Å². The van der Waals surface area contributed by atoms with Crippen LogP contribution >= 0.6 is 0 Å². The zero-order valence-electron chi connectivity index (χ0n) is 12.5. The van der Waals surface area contributed by atoms with Gasteiger partial charge in [0.1, 0.15) is 6.10 Å². The molecule has 1 aromatic rings. The van der Waals surface area contributed by atoms with Crippen LogP contribution < -0.4 is 5.73 Å².